The SMILES string of the molecule is CCCCCCCCCCCOc1ccc2c(c1)CC[C@@H]1[C@@H]2CC[C@]2(C)C(=CCl)CC[C@@H]12. The van der Waals surface area contributed by atoms with E-state index in [0.717, 1.165) is 30.1 Å². The van der Waals surface area contributed by atoms with Crippen LogP contribution in [0.5, 0.6) is 5.75 Å². The van der Waals surface area contributed by atoms with Gasteiger partial charge < -0.3 is 4.74 Å². The Bertz CT molecular complexity index is 768. The Morgan fingerprint density at radius 3 is 2.47 bits per heavy atom. The van der Waals surface area contributed by atoms with Crippen LogP contribution in [0.4, 0.5) is 0 Å². The summed E-state index contributed by atoms with van der Waals surface area (Å²) in [7, 11) is 0. The van der Waals surface area contributed by atoms with Crippen LogP contribution in [0.1, 0.15) is 121 Å². The fraction of sp³-hybridized carbons (Fsp3) is 0.733. The van der Waals surface area contributed by atoms with Gasteiger partial charge in [-0.15, -0.1) is 0 Å². The second-order valence-electron chi connectivity index (χ2n) is 11.1. The number of rotatable bonds is 11. The smallest absolute Gasteiger partial charge is 0.119 e. The van der Waals surface area contributed by atoms with E-state index in [1.165, 1.54) is 102 Å². The second kappa shape index (κ2) is 11.5. The van der Waals surface area contributed by atoms with Gasteiger partial charge in [-0.1, -0.05) is 88.5 Å². The van der Waals surface area contributed by atoms with Crippen LogP contribution >= 0.6 is 11.6 Å². The average molecular weight is 457 g/mol. The number of allylic oxidation sites excluding steroid dienone is 1. The zero-order chi connectivity index (χ0) is 22.4. The molecule has 1 aromatic rings. The van der Waals surface area contributed by atoms with Crippen molar-refractivity contribution in [3.63, 3.8) is 0 Å². The van der Waals surface area contributed by atoms with Gasteiger partial charge in [-0.25, -0.2) is 0 Å². The van der Waals surface area contributed by atoms with Crippen LogP contribution < -0.4 is 4.74 Å². The van der Waals surface area contributed by atoms with E-state index in [1.807, 2.05) is 5.54 Å². The van der Waals surface area contributed by atoms with Gasteiger partial charge in [0.2, 0.25) is 0 Å². The number of ether oxygens (including phenoxy) is 1. The van der Waals surface area contributed by atoms with E-state index in [0.29, 0.717) is 5.41 Å². The molecule has 0 aromatic heterocycles. The first-order valence-corrected chi connectivity index (χ1v) is 14.2. The van der Waals surface area contributed by atoms with Gasteiger partial charge in [0.05, 0.1) is 6.61 Å². The summed E-state index contributed by atoms with van der Waals surface area (Å²) < 4.78 is 6.16. The van der Waals surface area contributed by atoms with Gasteiger partial charge in [-0.2, -0.15) is 0 Å². The summed E-state index contributed by atoms with van der Waals surface area (Å²) >= 11 is 6.22. The van der Waals surface area contributed by atoms with E-state index in [4.69, 9.17) is 16.3 Å². The maximum absolute atomic E-state index is 6.22. The number of unbranched alkanes of at least 4 members (excludes halogenated alkanes) is 8. The predicted octanol–water partition coefficient (Wildman–Crippen LogP) is 9.57. The van der Waals surface area contributed by atoms with Gasteiger partial charge >= 0.3 is 0 Å². The van der Waals surface area contributed by atoms with Crippen molar-refractivity contribution in [2.24, 2.45) is 17.3 Å². The molecule has 0 N–H and O–H groups in total. The zero-order valence-electron chi connectivity index (χ0n) is 20.6. The lowest BCUT2D eigenvalue weighted by Crippen LogP contribution is -2.40. The molecule has 0 heterocycles. The molecule has 4 rings (SSSR count). The fourth-order valence-electron chi connectivity index (χ4n) is 7.28. The minimum absolute atomic E-state index is 0.360. The standard InChI is InChI=1S/C30H45ClO/c1-3-4-5-6-7-8-9-10-11-20-32-25-14-16-26-23(21-25)12-15-28-27(26)18-19-30(2)24(22-31)13-17-29(28)30/h14,16,21-22,27-29H,3-13,15,17-20H2,1-2H3/t27-,28-,29+,30-/m1/s1. The number of fused-ring (bicyclic) bond motifs is 5. The molecule has 32 heavy (non-hydrogen) atoms. The summed E-state index contributed by atoms with van der Waals surface area (Å²) in [6.45, 7) is 5.65. The van der Waals surface area contributed by atoms with E-state index in [2.05, 4.69) is 32.0 Å². The lowest BCUT2D eigenvalue weighted by atomic mass is 9.55. The van der Waals surface area contributed by atoms with E-state index in [1.54, 1.807) is 11.1 Å². The first-order valence-electron chi connectivity index (χ1n) is 13.7. The third-order valence-corrected chi connectivity index (χ3v) is 9.46. The molecule has 178 valence electrons. The van der Waals surface area contributed by atoms with Crippen LogP contribution in [0.25, 0.3) is 0 Å². The van der Waals surface area contributed by atoms with Crippen molar-refractivity contribution in [2.75, 3.05) is 6.61 Å². The fourth-order valence-corrected chi connectivity index (χ4v) is 7.64. The highest BCUT2D eigenvalue weighted by molar-refractivity contribution is 6.25. The lowest BCUT2D eigenvalue weighted by molar-refractivity contribution is 0.0815. The first-order chi connectivity index (χ1) is 15.7. The van der Waals surface area contributed by atoms with Crippen LogP contribution in [-0.4, -0.2) is 6.61 Å². The first kappa shape index (κ1) is 24.2. The van der Waals surface area contributed by atoms with Gasteiger partial charge in [-0.05, 0) is 91.4 Å². The Hall–Kier alpha value is -0.950. The summed E-state index contributed by atoms with van der Waals surface area (Å²) in [6.07, 6.45) is 20.0. The molecular weight excluding hydrogens is 412 g/mol. The molecule has 0 saturated heterocycles. The van der Waals surface area contributed by atoms with Crippen LogP contribution in [0.2, 0.25) is 0 Å². The summed E-state index contributed by atoms with van der Waals surface area (Å²) in [4.78, 5) is 0. The molecule has 0 spiro atoms. The van der Waals surface area contributed by atoms with Crippen LogP contribution in [0.15, 0.2) is 29.3 Å². The monoisotopic (exact) mass is 456 g/mol. The number of hydrogen-bond donors (Lipinski definition) is 0. The summed E-state index contributed by atoms with van der Waals surface area (Å²) in [6, 6.07) is 7.03. The summed E-state index contributed by atoms with van der Waals surface area (Å²) in [5.74, 6) is 3.50. The van der Waals surface area contributed by atoms with Gasteiger partial charge in [-0.3, -0.25) is 0 Å². The Morgan fingerprint density at radius 2 is 1.72 bits per heavy atom. The van der Waals surface area contributed by atoms with Crippen molar-refractivity contribution < 1.29 is 4.74 Å². The Morgan fingerprint density at radius 1 is 0.969 bits per heavy atom. The summed E-state index contributed by atoms with van der Waals surface area (Å²) in [5.41, 5.74) is 6.98. The van der Waals surface area contributed by atoms with Crippen LogP contribution in [0.3, 0.4) is 0 Å². The molecule has 1 nitrogen and oxygen atoms in total. The predicted molar refractivity (Wildman–Crippen MR) is 138 cm³/mol. The van der Waals surface area contributed by atoms with Crippen molar-refractivity contribution in [1.29, 1.82) is 0 Å². The molecule has 0 bridgehead atoms. The van der Waals surface area contributed by atoms with E-state index < -0.39 is 0 Å². The largest absolute Gasteiger partial charge is 0.494 e. The molecule has 3 aliphatic rings. The van der Waals surface area contributed by atoms with Crippen molar-refractivity contribution in [1.82, 2.24) is 0 Å². The van der Waals surface area contributed by atoms with Crippen molar-refractivity contribution in [3.8, 4) is 5.75 Å². The van der Waals surface area contributed by atoms with Gasteiger partial charge in [0.25, 0.3) is 0 Å². The molecule has 2 fully saturated rings. The third-order valence-electron chi connectivity index (χ3n) is 9.19. The molecular formula is C30H45ClO. The Labute approximate surface area is 202 Å². The van der Waals surface area contributed by atoms with E-state index in [9.17, 15) is 0 Å². The van der Waals surface area contributed by atoms with Gasteiger partial charge in [0, 0.05) is 5.54 Å². The molecule has 2 heteroatoms. The highest BCUT2D eigenvalue weighted by Gasteiger charge is 2.52. The molecule has 3 aliphatic carbocycles. The highest BCUT2D eigenvalue weighted by Crippen LogP contribution is 2.62. The highest BCUT2D eigenvalue weighted by atomic mass is 35.5. The van der Waals surface area contributed by atoms with Crippen molar-refractivity contribution >= 4 is 11.6 Å². The van der Waals surface area contributed by atoms with Gasteiger partial charge in [0.15, 0.2) is 0 Å². The normalized spacial score (nSPS) is 30.1. The third kappa shape index (κ3) is 5.24. The maximum atomic E-state index is 6.22. The van der Waals surface area contributed by atoms with Crippen molar-refractivity contribution in [3.05, 3.63) is 40.4 Å². The van der Waals surface area contributed by atoms with Gasteiger partial charge in [0.1, 0.15) is 5.75 Å². The zero-order valence-corrected chi connectivity index (χ0v) is 21.4. The average Bonchev–Trinajstić information content (AvgIpc) is 3.16. The maximum Gasteiger partial charge on any atom is 0.119 e. The minimum Gasteiger partial charge on any atom is -0.494 e. The second-order valence-corrected chi connectivity index (χ2v) is 11.3. The van der Waals surface area contributed by atoms with Crippen LogP contribution in [-0.2, 0) is 6.42 Å². The Kier molecular flexibility index (Phi) is 8.66. The lowest BCUT2D eigenvalue weighted by Gasteiger charge is -2.49. The number of hydrogen-bond acceptors (Lipinski definition) is 1. The van der Waals surface area contributed by atoms with Crippen molar-refractivity contribution in [2.45, 2.75) is 116 Å². The molecule has 4 atom stereocenters. The molecule has 0 unspecified atom stereocenters. The molecule has 0 radical (unpaired) electrons. The van der Waals surface area contributed by atoms with Crippen LogP contribution in [0, 0.1) is 17.3 Å². The molecule has 0 amide bonds. The molecule has 2 saturated carbocycles. The van der Waals surface area contributed by atoms with E-state index >= 15 is 0 Å². The quantitative estimate of drug-likeness (QED) is 0.301. The Balaban J connectivity index is 1.24. The number of halogens is 1. The minimum atomic E-state index is 0.360. The summed E-state index contributed by atoms with van der Waals surface area (Å²) in [5, 5.41) is 0. The topological polar surface area (TPSA) is 9.23 Å². The molecule has 1 aromatic carbocycles. The molecule has 0 aliphatic heterocycles. The number of benzene rings is 1. The van der Waals surface area contributed by atoms with E-state index in [-0.39, 0.29) is 0 Å². The number of aryl methyl sites for hydroxylation is 1.